The van der Waals surface area contributed by atoms with Crippen LogP contribution in [0.5, 0.6) is 0 Å². The lowest BCUT2D eigenvalue weighted by Crippen LogP contribution is -2.45. The number of hydrogen-bond donors (Lipinski definition) is 1. The Hall–Kier alpha value is -1.55. The second-order valence-electron chi connectivity index (χ2n) is 6.07. The number of fused-ring (bicyclic) bond motifs is 1. The third kappa shape index (κ3) is 3.38. The molecule has 1 aliphatic carbocycles. The second-order valence-corrected chi connectivity index (χ2v) is 6.07. The van der Waals surface area contributed by atoms with Gasteiger partial charge in [0, 0.05) is 26.2 Å². The fourth-order valence-electron chi connectivity index (χ4n) is 3.42. The van der Waals surface area contributed by atoms with Crippen LogP contribution < -0.4 is 5.32 Å². The van der Waals surface area contributed by atoms with Crippen molar-refractivity contribution in [2.45, 2.75) is 44.2 Å². The van der Waals surface area contributed by atoms with Crippen LogP contribution in [0.1, 0.15) is 30.4 Å². The lowest BCUT2D eigenvalue weighted by Gasteiger charge is -2.23. The molecule has 4 nitrogen and oxygen atoms in total. The highest BCUT2D eigenvalue weighted by Crippen LogP contribution is 2.22. The van der Waals surface area contributed by atoms with Gasteiger partial charge >= 0.3 is 6.03 Å². The number of amides is 2. The number of nitrogens with zero attached hydrogens (tertiary/aromatic N) is 1. The minimum Gasteiger partial charge on any atom is -0.381 e. The summed E-state index contributed by atoms with van der Waals surface area (Å²) in [5, 5.41) is 3.17. The first-order chi connectivity index (χ1) is 10.3. The summed E-state index contributed by atoms with van der Waals surface area (Å²) in [5.41, 5.74) is 2.77. The number of hydrogen-bond acceptors (Lipinski definition) is 2. The van der Waals surface area contributed by atoms with E-state index in [1.165, 1.54) is 11.1 Å². The maximum atomic E-state index is 12.4. The number of carbonyl (C=O) groups excluding carboxylic acids is 1. The highest BCUT2D eigenvalue weighted by molar-refractivity contribution is 5.74. The number of ether oxygens (including phenoxy) is 1. The van der Waals surface area contributed by atoms with Crippen molar-refractivity contribution in [2.75, 3.05) is 20.2 Å². The van der Waals surface area contributed by atoms with Crippen molar-refractivity contribution in [1.82, 2.24) is 10.2 Å². The van der Waals surface area contributed by atoms with Gasteiger partial charge in [-0.3, -0.25) is 0 Å². The normalized spacial score (nSPS) is 25.3. The summed E-state index contributed by atoms with van der Waals surface area (Å²) < 4.78 is 5.37. The molecule has 114 valence electrons. The molecule has 0 radical (unpaired) electrons. The van der Waals surface area contributed by atoms with E-state index < -0.39 is 0 Å². The maximum absolute atomic E-state index is 12.4. The van der Waals surface area contributed by atoms with Crippen LogP contribution in [0.15, 0.2) is 24.3 Å². The molecule has 0 unspecified atom stereocenters. The number of benzene rings is 1. The number of methoxy groups -OCH3 is 1. The first-order valence-electron chi connectivity index (χ1n) is 7.91. The Morgan fingerprint density at radius 2 is 1.86 bits per heavy atom. The molecule has 1 aromatic rings. The van der Waals surface area contributed by atoms with Gasteiger partial charge in [0.15, 0.2) is 0 Å². The first kappa shape index (κ1) is 14.4. The summed E-state index contributed by atoms with van der Waals surface area (Å²) in [6.45, 7) is 1.62. The molecule has 2 amide bonds. The number of urea groups is 1. The number of nitrogens with one attached hydrogen (secondary N) is 1. The molecule has 21 heavy (non-hydrogen) atoms. The zero-order valence-electron chi connectivity index (χ0n) is 12.7. The monoisotopic (exact) mass is 288 g/mol. The molecule has 1 N–H and O–H groups in total. The highest BCUT2D eigenvalue weighted by Gasteiger charge is 2.27. The van der Waals surface area contributed by atoms with Gasteiger partial charge in [-0.1, -0.05) is 24.3 Å². The van der Waals surface area contributed by atoms with Gasteiger partial charge in [-0.15, -0.1) is 0 Å². The van der Waals surface area contributed by atoms with Crippen LogP contribution in [0.2, 0.25) is 0 Å². The van der Waals surface area contributed by atoms with E-state index in [1.54, 1.807) is 7.11 Å². The van der Waals surface area contributed by atoms with E-state index in [-0.39, 0.29) is 12.1 Å². The average Bonchev–Trinajstić information content (AvgIpc) is 2.84. The molecule has 0 aromatic heterocycles. The molecule has 0 spiro atoms. The molecule has 0 saturated heterocycles. The van der Waals surface area contributed by atoms with Crippen molar-refractivity contribution in [3.05, 3.63) is 35.4 Å². The van der Waals surface area contributed by atoms with Gasteiger partial charge < -0.3 is 15.0 Å². The zero-order chi connectivity index (χ0) is 14.7. The van der Waals surface area contributed by atoms with Crippen LogP contribution in [-0.2, 0) is 17.6 Å². The quantitative estimate of drug-likeness (QED) is 0.907. The Bertz CT molecular complexity index is 476. The van der Waals surface area contributed by atoms with Gasteiger partial charge in [-0.05, 0) is 43.2 Å². The Morgan fingerprint density at radius 3 is 2.43 bits per heavy atom. The lowest BCUT2D eigenvalue weighted by molar-refractivity contribution is 0.107. The fraction of sp³-hybridized carbons (Fsp3) is 0.588. The van der Waals surface area contributed by atoms with Gasteiger partial charge in [-0.2, -0.15) is 0 Å². The van der Waals surface area contributed by atoms with Crippen molar-refractivity contribution >= 4 is 6.03 Å². The fourth-order valence-corrected chi connectivity index (χ4v) is 3.42. The lowest BCUT2D eigenvalue weighted by atomic mass is 10.0. The van der Waals surface area contributed by atoms with Crippen LogP contribution in [0, 0.1) is 0 Å². The Labute approximate surface area is 126 Å². The minimum atomic E-state index is 0.0876. The predicted octanol–water partition coefficient (Wildman–Crippen LogP) is 2.36. The smallest absolute Gasteiger partial charge is 0.317 e. The van der Waals surface area contributed by atoms with Crippen molar-refractivity contribution < 1.29 is 9.53 Å². The molecule has 3 rings (SSSR count). The molecular formula is C17H24N2O2. The molecule has 1 fully saturated rings. The molecule has 2 aliphatic rings. The summed E-state index contributed by atoms with van der Waals surface area (Å²) in [6, 6.07) is 8.88. The van der Waals surface area contributed by atoms with Crippen molar-refractivity contribution in [1.29, 1.82) is 0 Å². The van der Waals surface area contributed by atoms with E-state index in [0.717, 1.165) is 45.2 Å². The molecule has 1 heterocycles. The molecule has 0 bridgehead atoms. The molecule has 1 aromatic carbocycles. The van der Waals surface area contributed by atoms with Gasteiger partial charge in [0.1, 0.15) is 0 Å². The number of rotatable bonds is 2. The van der Waals surface area contributed by atoms with Crippen LogP contribution in [0.25, 0.3) is 0 Å². The Balaban J connectivity index is 1.55. The van der Waals surface area contributed by atoms with Gasteiger partial charge in [0.05, 0.1) is 6.10 Å². The Kier molecular flexibility index (Phi) is 4.44. The minimum absolute atomic E-state index is 0.0876. The van der Waals surface area contributed by atoms with E-state index in [2.05, 4.69) is 29.6 Å². The molecule has 1 saturated carbocycles. The van der Waals surface area contributed by atoms with E-state index in [0.29, 0.717) is 6.10 Å². The summed E-state index contributed by atoms with van der Waals surface area (Å²) in [4.78, 5) is 14.4. The van der Waals surface area contributed by atoms with E-state index >= 15 is 0 Å². The Morgan fingerprint density at radius 1 is 1.19 bits per heavy atom. The van der Waals surface area contributed by atoms with E-state index in [9.17, 15) is 4.79 Å². The summed E-state index contributed by atoms with van der Waals surface area (Å²) in [7, 11) is 1.75. The van der Waals surface area contributed by atoms with Gasteiger partial charge in [0.25, 0.3) is 0 Å². The van der Waals surface area contributed by atoms with E-state index in [4.69, 9.17) is 4.74 Å². The maximum Gasteiger partial charge on any atom is 0.317 e. The molecule has 4 heteroatoms. The third-order valence-corrected chi connectivity index (χ3v) is 4.75. The summed E-state index contributed by atoms with van der Waals surface area (Å²) in [6.07, 6.45) is 5.23. The van der Waals surface area contributed by atoms with Gasteiger partial charge in [-0.25, -0.2) is 4.79 Å². The van der Waals surface area contributed by atoms with Crippen molar-refractivity contribution in [3.8, 4) is 0 Å². The van der Waals surface area contributed by atoms with Crippen molar-refractivity contribution in [2.24, 2.45) is 0 Å². The topological polar surface area (TPSA) is 41.6 Å². The van der Waals surface area contributed by atoms with Crippen LogP contribution in [0.4, 0.5) is 4.79 Å². The molecule has 1 aliphatic heterocycles. The van der Waals surface area contributed by atoms with Gasteiger partial charge in [0.2, 0.25) is 0 Å². The first-order valence-corrected chi connectivity index (χ1v) is 7.91. The second kappa shape index (κ2) is 6.48. The summed E-state index contributed by atoms with van der Waals surface area (Å²) in [5.74, 6) is 0. The van der Waals surface area contributed by atoms with Crippen molar-refractivity contribution in [3.63, 3.8) is 0 Å². The third-order valence-electron chi connectivity index (χ3n) is 4.75. The summed E-state index contributed by atoms with van der Waals surface area (Å²) >= 11 is 0. The average molecular weight is 288 g/mol. The number of carbonyl (C=O) groups is 1. The molecule has 2 atom stereocenters. The largest absolute Gasteiger partial charge is 0.381 e. The highest BCUT2D eigenvalue weighted by atomic mass is 16.5. The van der Waals surface area contributed by atoms with E-state index in [1.807, 2.05) is 4.90 Å². The zero-order valence-corrected chi connectivity index (χ0v) is 12.7. The SMILES string of the molecule is CO[C@@H]1CC[C@@H](NC(=O)N2CCc3ccccc3CC2)C1. The van der Waals surface area contributed by atoms with Crippen LogP contribution >= 0.6 is 0 Å². The van der Waals surface area contributed by atoms with Crippen LogP contribution in [0.3, 0.4) is 0 Å². The molecular weight excluding hydrogens is 264 g/mol. The van der Waals surface area contributed by atoms with Crippen LogP contribution in [-0.4, -0.2) is 43.3 Å². The standard InChI is InChI=1S/C17H24N2O2/c1-21-16-7-6-15(12-16)18-17(20)19-10-8-13-4-2-3-5-14(13)9-11-19/h2-5,15-16H,6-12H2,1H3,(H,18,20)/t15-,16-/m1/s1. The predicted molar refractivity (Wildman–Crippen MR) is 82.4 cm³/mol.